The van der Waals surface area contributed by atoms with Crippen LogP contribution in [0.4, 0.5) is 5.69 Å². The summed E-state index contributed by atoms with van der Waals surface area (Å²) in [5, 5.41) is 3.02. The number of hydrogen-bond donors (Lipinski definition) is 1. The van der Waals surface area contributed by atoms with Crippen molar-refractivity contribution in [1.82, 2.24) is 10.2 Å². The molecule has 0 bridgehead atoms. The zero-order chi connectivity index (χ0) is 35.5. The van der Waals surface area contributed by atoms with Crippen molar-refractivity contribution in [2.45, 2.75) is 44.7 Å². The number of anilines is 1. The smallest absolute Gasteiger partial charge is 0.264 e. The second kappa shape index (κ2) is 16.8. The van der Waals surface area contributed by atoms with Crippen LogP contribution >= 0.6 is 0 Å². The predicted octanol–water partition coefficient (Wildman–Crippen LogP) is 7.39. The van der Waals surface area contributed by atoms with Gasteiger partial charge in [0.25, 0.3) is 10.0 Å². The van der Waals surface area contributed by atoms with Crippen LogP contribution in [0, 0.1) is 12.8 Å². The minimum Gasteiger partial charge on any atom is -0.457 e. The first kappa shape index (κ1) is 35.9. The molecule has 0 saturated heterocycles. The lowest BCUT2D eigenvalue weighted by Gasteiger charge is -2.34. The van der Waals surface area contributed by atoms with E-state index in [2.05, 4.69) is 5.32 Å². The molecule has 0 aliphatic heterocycles. The fourth-order valence-corrected chi connectivity index (χ4v) is 6.84. The molecule has 0 fully saturated rings. The monoisotopic (exact) mass is 689 g/mol. The number of amides is 2. The number of benzene rings is 5. The van der Waals surface area contributed by atoms with E-state index >= 15 is 0 Å². The van der Waals surface area contributed by atoms with Gasteiger partial charge in [0.1, 0.15) is 24.1 Å². The van der Waals surface area contributed by atoms with E-state index in [1.54, 1.807) is 36.4 Å². The highest BCUT2D eigenvalue weighted by molar-refractivity contribution is 7.92. The van der Waals surface area contributed by atoms with Crippen LogP contribution in [0.1, 0.15) is 30.5 Å². The van der Waals surface area contributed by atoms with E-state index in [4.69, 9.17) is 4.74 Å². The summed E-state index contributed by atoms with van der Waals surface area (Å²) < 4.78 is 35.8. The van der Waals surface area contributed by atoms with Gasteiger partial charge in [0.05, 0.1) is 10.6 Å². The molecule has 5 rings (SSSR count). The van der Waals surface area contributed by atoms with E-state index in [-0.39, 0.29) is 35.4 Å². The van der Waals surface area contributed by atoms with E-state index in [0.717, 1.165) is 21.0 Å². The van der Waals surface area contributed by atoms with E-state index < -0.39 is 28.5 Å². The highest BCUT2D eigenvalue weighted by atomic mass is 32.2. The van der Waals surface area contributed by atoms with E-state index in [0.29, 0.717) is 18.0 Å². The lowest BCUT2D eigenvalue weighted by molar-refractivity contribution is -0.140. The highest BCUT2D eigenvalue weighted by Crippen LogP contribution is 2.29. The third kappa shape index (κ3) is 9.60. The molecule has 0 heterocycles. The number of ether oxygens (including phenoxy) is 1. The molecule has 2 amide bonds. The van der Waals surface area contributed by atoms with E-state index in [9.17, 15) is 18.0 Å². The maximum atomic E-state index is 14.7. The number of carbonyl (C=O) groups is 2. The van der Waals surface area contributed by atoms with Crippen molar-refractivity contribution in [3.05, 3.63) is 156 Å². The SMILES string of the molecule is Cc1ccc(S(=O)(=O)N(CC(=O)N(Cc2ccccc2)C(Cc2ccccc2)C(=O)NCC(C)C)c2ccc(Oc3ccccc3)cc2)cc1. The van der Waals surface area contributed by atoms with Gasteiger partial charge in [-0.2, -0.15) is 0 Å². The second-order valence-corrected chi connectivity index (χ2v) is 14.4. The zero-order valence-electron chi connectivity index (χ0n) is 28.6. The lowest BCUT2D eigenvalue weighted by Crippen LogP contribution is -2.53. The van der Waals surface area contributed by atoms with Crippen LogP contribution in [0.5, 0.6) is 11.5 Å². The minimum absolute atomic E-state index is 0.0469. The number of para-hydroxylation sites is 1. The number of hydrogen-bond acceptors (Lipinski definition) is 5. The Hall–Kier alpha value is -5.41. The third-order valence-electron chi connectivity index (χ3n) is 8.14. The average molecular weight is 690 g/mol. The van der Waals surface area contributed by atoms with Crippen LogP contribution in [0.3, 0.4) is 0 Å². The normalized spacial score (nSPS) is 11.8. The van der Waals surface area contributed by atoms with Crippen molar-refractivity contribution in [3.63, 3.8) is 0 Å². The van der Waals surface area contributed by atoms with Gasteiger partial charge in [0.15, 0.2) is 0 Å². The molecule has 1 N–H and O–H groups in total. The molecule has 9 heteroatoms. The maximum absolute atomic E-state index is 14.7. The molecule has 258 valence electrons. The van der Waals surface area contributed by atoms with Crippen molar-refractivity contribution in [2.75, 3.05) is 17.4 Å². The molecule has 5 aromatic rings. The predicted molar refractivity (Wildman–Crippen MR) is 197 cm³/mol. The quantitative estimate of drug-likeness (QED) is 0.124. The largest absolute Gasteiger partial charge is 0.457 e. The Morgan fingerprint density at radius 3 is 1.82 bits per heavy atom. The van der Waals surface area contributed by atoms with Gasteiger partial charge < -0.3 is 15.0 Å². The van der Waals surface area contributed by atoms with Gasteiger partial charge in [-0.3, -0.25) is 13.9 Å². The number of nitrogens with one attached hydrogen (secondary N) is 1. The molecule has 1 atom stereocenters. The van der Waals surface area contributed by atoms with Crippen LogP contribution in [-0.4, -0.2) is 44.3 Å². The molecule has 1 unspecified atom stereocenters. The van der Waals surface area contributed by atoms with Gasteiger partial charge in [0, 0.05) is 19.5 Å². The van der Waals surface area contributed by atoms with Crippen molar-refractivity contribution in [3.8, 4) is 11.5 Å². The molecule has 0 radical (unpaired) electrons. The summed E-state index contributed by atoms with van der Waals surface area (Å²) in [5.74, 6) is 0.515. The van der Waals surface area contributed by atoms with Crippen LogP contribution < -0.4 is 14.4 Å². The molecule has 0 aromatic heterocycles. The van der Waals surface area contributed by atoms with Gasteiger partial charge in [-0.25, -0.2) is 8.42 Å². The Morgan fingerprint density at radius 1 is 0.700 bits per heavy atom. The average Bonchev–Trinajstić information content (AvgIpc) is 3.13. The summed E-state index contributed by atoms with van der Waals surface area (Å²) >= 11 is 0. The number of carbonyl (C=O) groups excluding carboxylic acids is 2. The molecule has 0 spiro atoms. The molecule has 8 nitrogen and oxygen atoms in total. The topological polar surface area (TPSA) is 96.0 Å². The Balaban J connectivity index is 1.54. The molecule has 5 aromatic carbocycles. The van der Waals surface area contributed by atoms with E-state index in [1.807, 2.05) is 112 Å². The molecular formula is C41H43N3O5S. The van der Waals surface area contributed by atoms with Crippen LogP contribution in [0.15, 0.2) is 144 Å². The van der Waals surface area contributed by atoms with Gasteiger partial charge in [-0.15, -0.1) is 0 Å². The van der Waals surface area contributed by atoms with Gasteiger partial charge in [-0.1, -0.05) is 110 Å². The summed E-state index contributed by atoms with van der Waals surface area (Å²) in [4.78, 5) is 30.1. The molecule has 0 saturated carbocycles. The molecular weight excluding hydrogens is 647 g/mol. The lowest BCUT2D eigenvalue weighted by atomic mass is 10.0. The fourth-order valence-electron chi connectivity index (χ4n) is 5.43. The van der Waals surface area contributed by atoms with Crippen LogP contribution in [0.2, 0.25) is 0 Å². The van der Waals surface area contributed by atoms with Gasteiger partial charge in [0.2, 0.25) is 11.8 Å². The summed E-state index contributed by atoms with van der Waals surface area (Å²) in [6, 6.07) is 40.4. The first-order valence-electron chi connectivity index (χ1n) is 16.7. The standard InChI is InChI=1S/C41H43N3O5S/c1-31(2)28-42-41(46)39(27-33-13-7-4-8-14-33)43(29-34-15-9-5-10-16-34)40(45)30-44(50(47,48)38-25-19-32(3)20-26-38)35-21-23-37(24-22-35)49-36-17-11-6-12-18-36/h4-26,31,39H,27-30H2,1-3H3,(H,42,46). The van der Waals surface area contributed by atoms with Gasteiger partial charge >= 0.3 is 0 Å². The van der Waals surface area contributed by atoms with Crippen LogP contribution in [-0.2, 0) is 32.6 Å². The van der Waals surface area contributed by atoms with Gasteiger partial charge in [-0.05, 0) is 72.5 Å². The van der Waals surface area contributed by atoms with Crippen molar-refractivity contribution in [1.29, 1.82) is 0 Å². The van der Waals surface area contributed by atoms with Crippen molar-refractivity contribution < 1.29 is 22.7 Å². The Bertz CT molecular complexity index is 1940. The summed E-state index contributed by atoms with van der Waals surface area (Å²) in [7, 11) is -4.23. The Labute approximate surface area is 295 Å². The summed E-state index contributed by atoms with van der Waals surface area (Å²) in [6.07, 6.45) is 0.250. The maximum Gasteiger partial charge on any atom is 0.264 e. The first-order chi connectivity index (χ1) is 24.1. The molecule has 0 aliphatic carbocycles. The number of aryl methyl sites for hydroxylation is 1. The fraction of sp³-hybridized carbons (Fsp3) is 0.220. The van der Waals surface area contributed by atoms with E-state index in [1.165, 1.54) is 17.0 Å². The summed E-state index contributed by atoms with van der Waals surface area (Å²) in [5.41, 5.74) is 2.87. The van der Waals surface area contributed by atoms with Crippen molar-refractivity contribution >= 4 is 27.5 Å². The Morgan fingerprint density at radius 2 is 1.24 bits per heavy atom. The number of sulfonamides is 1. The highest BCUT2D eigenvalue weighted by Gasteiger charge is 2.34. The second-order valence-electron chi connectivity index (χ2n) is 12.6. The first-order valence-corrected chi connectivity index (χ1v) is 18.1. The number of nitrogens with zero attached hydrogens (tertiary/aromatic N) is 2. The summed E-state index contributed by atoms with van der Waals surface area (Å²) in [6.45, 7) is 5.89. The number of rotatable bonds is 15. The zero-order valence-corrected chi connectivity index (χ0v) is 29.4. The molecule has 0 aliphatic rings. The third-order valence-corrected chi connectivity index (χ3v) is 9.93. The Kier molecular flexibility index (Phi) is 12.1. The van der Waals surface area contributed by atoms with Crippen molar-refractivity contribution in [2.24, 2.45) is 5.92 Å². The minimum atomic E-state index is -4.23. The molecule has 50 heavy (non-hydrogen) atoms. The van der Waals surface area contributed by atoms with Crippen LogP contribution in [0.25, 0.3) is 0 Å².